The van der Waals surface area contributed by atoms with Gasteiger partial charge in [-0.25, -0.2) is 0 Å². The number of nitrogens with one attached hydrogen (secondary N) is 2. The molecule has 90 valence electrons. The van der Waals surface area contributed by atoms with Crippen LogP contribution in [0.4, 0.5) is 0 Å². The van der Waals surface area contributed by atoms with E-state index in [1.54, 1.807) is 0 Å². The Kier molecular flexibility index (Phi) is 3.00. The smallest absolute Gasteiger partial charge is 0.0320 e. The van der Waals surface area contributed by atoms with Crippen molar-refractivity contribution in [1.82, 2.24) is 10.6 Å². The molecule has 0 aromatic heterocycles. The van der Waals surface area contributed by atoms with E-state index in [0.29, 0.717) is 0 Å². The van der Waals surface area contributed by atoms with E-state index in [2.05, 4.69) is 54.0 Å². The number of hydrogen-bond acceptors (Lipinski definition) is 2. The van der Waals surface area contributed by atoms with E-state index in [-0.39, 0.29) is 0 Å². The molecule has 2 unspecified atom stereocenters. The Labute approximate surface area is 103 Å². The topological polar surface area (TPSA) is 24.1 Å². The number of hydrogen-bond donors (Lipinski definition) is 2. The molecule has 2 fully saturated rings. The van der Waals surface area contributed by atoms with Crippen molar-refractivity contribution in [3.8, 4) is 0 Å². The van der Waals surface area contributed by atoms with Crippen LogP contribution in [0.5, 0.6) is 0 Å². The van der Waals surface area contributed by atoms with Gasteiger partial charge >= 0.3 is 0 Å². The van der Waals surface area contributed by atoms with E-state index in [1.807, 2.05) is 0 Å². The molecular formula is C15H20N2. The first-order valence-electron chi connectivity index (χ1n) is 6.53. The van der Waals surface area contributed by atoms with Gasteiger partial charge in [0.15, 0.2) is 0 Å². The molecule has 1 heterocycles. The van der Waals surface area contributed by atoms with Gasteiger partial charge in [-0.05, 0) is 24.8 Å². The fourth-order valence-electron chi connectivity index (χ4n) is 2.51. The van der Waals surface area contributed by atoms with E-state index in [1.165, 1.54) is 17.6 Å². The third kappa shape index (κ3) is 2.59. The monoisotopic (exact) mass is 228 g/mol. The summed E-state index contributed by atoms with van der Waals surface area (Å²) in [6, 6.07) is 12.0. The molecule has 2 nitrogen and oxygen atoms in total. The minimum Gasteiger partial charge on any atom is -0.314 e. The maximum Gasteiger partial charge on any atom is 0.0320 e. The Morgan fingerprint density at radius 2 is 2.06 bits per heavy atom. The maximum atomic E-state index is 3.70. The van der Waals surface area contributed by atoms with Crippen LogP contribution in [0.2, 0.25) is 0 Å². The summed E-state index contributed by atoms with van der Waals surface area (Å²) in [6.45, 7) is 4.55. The van der Waals surface area contributed by atoms with E-state index in [9.17, 15) is 0 Å². The second-order valence-corrected chi connectivity index (χ2v) is 5.27. The highest BCUT2D eigenvalue weighted by molar-refractivity contribution is 5.53. The van der Waals surface area contributed by atoms with Crippen molar-refractivity contribution in [3.63, 3.8) is 0 Å². The minimum atomic E-state index is 0.717. The summed E-state index contributed by atoms with van der Waals surface area (Å²) in [5.74, 6) is 0.760. The molecule has 2 N–H and O–H groups in total. The van der Waals surface area contributed by atoms with E-state index >= 15 is 0 Å². The molecule has 1 aliphatic heterocycles. The molecule has 1 aromatic rings. The van der Waals surface area contributed by atoms with E-state index in [4.69, 9.17) is 0 Å². The first-order chi connectivity index (χ1) is 8.33. The van der Waals surface area contributed by atoms with Crippen LogP contribution in [0.3, 0.4) is 0 Å². The summed E-state index contributed by atoms with van der Waals surface area (Å²) < 4.78 is 0. The van der Waals surface area contributed by atoms with Gasteiger partial charge in [-0.1, -0.05) is 42.0 Å². The Balaban J connectivity index is 1.57. The highest BCUT2D eigenvalue weighted by Crippen LogP contribution is 2.38. The van der Waals surface area contributed by atoms with Crippen LogP contribution in [-0.2, 0) is 0 Å². The van der Waals surface area contributed by atoms with Crippen LogP contribution in [0.1, 0.15) is 18.9 Å². The van der Waals surface area contributed by atoms with Crippen molar-refractivity contribution in [2.24, 2.45) is 5.92 Å². The summed E-state index contributed by atoms with van der Waals surface area (Å²) in [6.07, 6.45) is 3.64. The van der Waals surface area contributed by atoms with Gasteiger partial charge in [-0.2, -0.15) is 0 Å². The molecule has 2 atom stereocenters. The lowest BCUT2D eigenvalue weighted by Crippen LogP contribution is -2.56. The number of rotatable bonds is 4. The second-order valence-electron chi connectivity index (χ2n) is 5.27. The van der Waals surface area contributed by atoms with Crippen LogP contribution >= 0.6 is 0 Å². The molecule has 1 aromatic carbocycles. The Hall–Kier alpha value is -1.12. The molecule has 3 rings (SSSR count). The highest BCUT2D eigenvalue weighted by atomic mass is 15.1. The van der Waals surface area contributed by atoms with Crippen LogP contribution in [0.25, 0.3) is 6.08 Å². The summed E-state index contributed by atoms with van der Waals surface area (Å²) in [5.41, 5.74) is 2.84. The first kappa shape index (κ1) is 11.0. The van der Waals surface area contributed by atoms with Crippen LogP contribution in [0.15, 0.2) is 35.9 Å². The van der Waals surface area contributed by atoms with Crippen molar-refractivity contribution < 1.29 is 0 Å². The van der Waals surface area contributed by atoms with Crippen LogP contribution in [-0.4, -0.2) is 25.2 Å². The summed E-state index contributed by atoms with van der Waals surface area (Å²) in [5, 5.41) is 7.00. The van der Waals surface area contributed by atoms with Gasteiger partial charge in [0.2, 0.25) is 0 Å². The van der Waals surface area contributed by atoms with Gasteiger partial charge < -0.3 is 10.6 Å². The van der Waals surface area contributed by atoms with Crippen molar-refractivity contribution in [2.75, 3.05) is 13.1 Å². The van der Waals surface area contributed by atoms with Crippen molar-refractivity contribution in [3.05, 3.63) is 41.5 Å². The SMILES string of the molecule is C/C(=C\c1ccccc1)C1CC1NC1CNC1. The minimum absolute atomic E-state index is 0.717. The van der Waals surface area contributed by atoms with Gasteiger partial charge in [-0.3, -0.25) is 0 Å². The molecule has 1 saturated heterocycles. The Morgan fingerprint density at radius 1 is 1.29 bits per heavy atom. The average Bonchev–Trinajstić information content (AvgIpc) is 3.04. The molecule has 0 radical (unpaired) electrons. The molecule has 1 saturated carbocycles. The Bertz CT molecular complexity index is 406. The van der Waals surface area contributed by atoms with Gasteiger partial charge in [0, 0.05) is 25.2 Å². The fourth-order valence-corrected chi connectivity index (χ4v) is 2.51. The highest BCUT2D eigenvalue weighted by Gasteiger charge is 2.39. The zero-order chi connectivity index (χ0) is 11.7. The van der Waals surface area contributed by atoms with Gasteiger partial charge in [0.05, 0.1) is 0 Å². The maximum absolute atomic E-state index is 3.70. The molecular weight excluding hydrogens is 208 g/mol. The summed E-state index contributed by atoms with van der Waals surface area (Å²) in [4.78, 5) is 0. The average molecular weight is 228 g/mol. The lowest BCUT2D eigenvalue weighted by molar-refractivity contribution is 0.360. The van der Waals surface area contributed by atoms with Crippen molar-refractivity contribution in [2.45, 2.75) is 25.4 Å². The second kappa shape index (κ2) is 4.63. The summed E-state index contributed by atoms with van der Waals surface area (Å²) in [7, 11) is 0. The van der Waals surface area contributed by atoms with Crippen LogP contribution in [0, 0.1) is 5.92 Å². The number of benzene rings is 1. The molecule has 2 heteroatoms. The quantitative estimate of drug-likeness (QED) is 0.824. The Morgan fingerprint density at radius 3 is 2.71 bits per heavy atom. The van der Waals surface area contributed by atoms with Gasteiger partial charge in [0.25, 0.3) is 0 Å². The molecule has 1 aliphatic carbocycles. The van der Waals surface area contributed by atoms with Gasteiger partial charge in [0.1, 0.15) is 0 Å². The predicted octanol–water partition coefficient (Wildman–Crippen LogP) is 2.04. The zero-order valence-electron chi connectivity index (χ0n) is 10.3. The molecule has 0 amide bonds. The third-order valence-electron chi connectivity index (χ3n) is 3.80. The zero-order valence-corrected chi connectivity index (χ0v) is 10.3. The molecule has 0 spiro atoms. The molecule has 17 heavy (non-hydrogen) atoms. The lowest BCUT2D eigenvalue weighted by Gasteiger charge is -2.28. The normalized spacial score (nSPS) is 28.9. The first-order valence-corrected chi connectivity index (χ1v) is 6.53. The summed E-state index contributed by atoms with van der Waals surface area (Å²) >= 11 is 0. The predicted molar refractivity (Wildman–Crippen MR) is 71.8 cm³/mol. The van der Waals surface area contributed by atoms with Gasteiger partial charge in [-0.15, -0.1) is 0 Å². The van der Waals surface area contributed by atoms with Crippen LogP contribution < -0.4 is 10.6 Å². The lowest BCUT2D eigenvalue weighted by atomic mass is 10.1. The standard InChI is InChI=1S/C15H20N2/c1-11(7-12-5-3-2-4-6-12)14-8-15(14)17-13-9-16-10-13/h2-7,13-17H,8-10H2,1H3/b11-7+. The fraction of sp³-hybridized carbons (Fsp3) is 0.467. The molecule has 2 aliphatic rings. The molecule has 0 bridgehead atoms. The third-order valence-corrected chi connectivity index (χ3v) is 3.80. The van der Waals surface area contributed by atoms with E-state index in [0.717, 1.165) is 31.1 Å². The largest absolute Gasteiger partial charge is 0.314 e. The van der Waals surface area contributed by atoms with Crippen molar-refractivity contribution >= 4 is 6.08 Å². The van der Waals surface area contributed by atoms with Crippen molar-refractivity contribution in [1.29, 1.82) is 0 Å². The van der Waals surface area contributed by atoms with E-state index < -0.39 is 0 Å².